The molecule has 1 amide bonds. The minimum absolute atomic E-state index is 0.147. The first kappa shape index (κ1) is 15.9. The van der Waals surface area contributed by atoms with Crippen molar-refractivity contribution in [3.63, 3.8) is 0 Å². The summed E-state index contributed by atoms with van der Waals surface area (Å²) in [6.07, 6.45) is 0. The number of aryl methyl sites for hydroxylation is 1. The highest BCUT2D eigenvalue weighted by atomic mass is 16.5. The summed E-state index contributed by atoms with van der Waals surface area (Å²) in [5.41, 5.74) is 7.71. The molecule has 2 heterocycles. The van der Waals surface area contributed by atoms with Gasteiger partial charge in [0, 0.05) is 40.8 Å². The number of hydrogen-bond donors (Lipinski definition) is 2. The second-order valence-corrected chi connectivity index (χ2v) is 5.89. The first-order chi connectivity index (χ1) is 11.4. The fourth-order valence-corrected chi connectivity index (χ4v) is 2.64. The number of carbonyl (C=O) groups is 1. The van der Waals surface area contributed by atoms with Crippen LogP contribution >= 0.6 is 0 Å². The molecule has 0 saturated carbocycles. The lowest BCUT2D eigenvalue weighted by Crippen LogP contribution is -2.19. The number of amides is 1. The molecule has 0 bridgehead atoms. The molecule has 0 unspecified atom stereocenters. The first-order valence-corrected chi connectivity index (χ1v) is 7.49. The number of aromatic amines is 1. The van der Waals surface area contributed by atoms with E-state index in [0.29, 0.717) is 29.6 Å². The van der Waals surface area contributed by atoms with E-state index in [1.54, 1.807) is 12.1 Å². The standard InChI is InChI=1S/C17H18N4O3/c1-10-5-13(24-20-10)9-21(2)8-12-7-16(22)14-6-11(17(18)23)3-4-15(14)19-12/h3-7H,8-9H2,1-2H3,(H2,18,23)(H,19,22). The van der Waals surface area contributed by atoms with Gasteiger partial charge in [-0.3, -0.25) is 14.5 Å². The topological polar surface area (TPSA) is 105 Å². The zero-order valence-corrected chi connectivity index (χ0v) is 13.5. The highest BCUT2D eigenvalue weighted by Crippen LogP contribution is 2.13. The third kappa shape index (κ3) is 3.36. The normalized spacial score (nSPS) is 11.3. The fraction of sp³-hybridized carbons (Fsp3) is 0.235. The smallest absolute Gasteiger partial charge is 0.248 e. The largest absolute Gasteiger partial charge is 0.366 e. The van der Waals surface area contributed by atoms with Crippen molar-refractivity contribution in [3.8, 4) is 0 Å². The van der Waals surface area contributed by atoms with Crippen molar-refractivity contribution in [3.05, 3.63) is 63.3 Å². The van der Waals surface area contributed by atoms with Crippen molar-refractivity contribution < 1.29 is 9.32 Å². The molecule has 1 aromatic carbocycles. The summed E-state index contributed by atoms with van der Waals surface area (Å²) in [6, 6.07) is 8.23. The van der Waals surface area contributed by atoms with Crippen molar-refractivity contribution in [2.24, 2.45) is 5.73 Å². The van der Waals surface area contributed by atoms with Crippen LogP contribution in [0.25, 0.3) is 10.9 Å². The molecule has 7 nitrogen and oxygen atoms in total. The number of carbonyl (C=O) groups excluding carboxylic acids is 1. The van der Waals surface area contributed by atoms with Gasteiger partial charge in [-0.1, -0.05) is 5.16 Å². The van der Waals surface area contributed by atoms with Gasteiger partial charge in [0.2, 0.25) is 5.91 Å². The SMILES string of the molecule is Cc1cc(CN(C)Cc2cc(=O)c3cc(C(N)=O)ccc3[nH]2)on1. The molecule has 0 spiro atoms. The Labute approximate surface area is 138 Å². The molecule has 0 atom stereocenters. The Morgan fingerprint density at radius 1 is 1.29 bits per heavy atom. The lowest BCUT2D eigenvalue weighted by atomic mass is 10.1. The number of primary amides is 1. The van der Waals surface area contributed by atoms with Gasteiger partial charge in [0.05, 0.1) is 12.2 Å². The zero-order chi connectivity index (χ0) is 17.3. The molecule has 0 radical (unpaired) electrons. The molecule has 24 heavy (non-hydrogen) atoms. The van der Waals surface area contributed by atoms with E-state index < -0.39 is 5.91 Å². The average Bonchev–Trinajstić information content (AvgIpc) is 2.91. The number of nitrogens with two attached hydrogens (primary N) is 1. The summed E-state index contributed by atoms with van der Waals surface area (Å²) in [5, 5.41) is 4.30. The third-order valence-electron chi connectivity index (χ3n) is 3.71. The number of fused-ring (bicyclic) bond motifs is 1. The van der Waals surface area contributed by atoms with Crippen LogP contribution in [0.3, 0.4) is 0 Å². The van der Waals surface area contributed by atoms with Crippen molar-refractivity contribution in [2.75, 3.05) is 7.05 Å². The Morgan fingerprint density at radius 3 is 2.75 bits per heavy atom. The highest BCUT2D eigenvalue weighted by Gasteiger charge is 2.10. The molecule has 0 aliphatic carbocycles. The fourth-order valence-electron chi connectivity index (χ4n) is 2.64. The van der Waals surface area contributed by atoms with Gasteiger partial charge in [-0.2, -0.15) is 0 Å². The van der Waals surface area contributed by atoms with Crippen LogP contribution in [0.2, 0.25) is 0 Å². The minimum atomic E-state index is -0.553. The molecular formula is C17H18N4O3. The monoisotopic (exact) mass is 326 g/mol. The maximum absolute atomic E-state index is 12.3. The number of rotatable bonds is 5. The summed E-state index contributed by atoms with van der Waals surface area (Å²) in [4.78, 5) is 28.8. The number of nitrogens with zero attached hydrogens (tertiary/aromatic N) is 2. The molecular weight excluding hydrogens is 308 g/mol. The second-order valence-electron chi connectivity index (χ2n) is 5.89. The Morgan fingerprint density at radius 2 is 2.08 bits per heavy atom. The number of H-pyrrole nitrogens is 1. The van der Waals surface area contributed by atoms with Crippen LogP contribution < -0.4 is 11.2 Å². The van der Waals surface area contributed by atoms with E-state index in [-0.39, 0.29) is 5.43 Å². The van der Waals surface area contributed by atoms with E-state index in [1.165, 1.54) is 12.1 Å². The van der Waals surface area contributed by atoms with Gasteiger partial charge < -0.3 is 15.2 Å². The van der Waals surface area contributed by atoms with Crippen molar-refractivity contribution in [1.82, 2.24) is 15.0 Å². The number of pyridine rings is 1. The Bertz CT molecular complexity index is 958. The van der Waals surface area contributed by atoms with Gasteiger partial charge in [-0.05, 0) is 32.2 Å². The van der Waals surface area contributed by atoms with Crippen molar-refractivity contribution in [1.29, 1.82) is 0 Å². The summed E-state index contributed by atoms with van der Waals surface area (Å²) < 4.78 is 5.19. The maximum atomic E-state index is 12.3. The Kier molecular flexibility index (Phi) is 4.18. The highest BCUT2D eigenvalue weighted by molar-refractivity contribution is 5.96. The van der Waals surface area contributed by atoms with Crippen molar-refractivity contribution >= 4 is 16.8 Å². The lowest BCUT2D eigenvalue weighted by molar-refractivity contribution is 0.100. The van der Waals surface area contributed by atoms with Gasteiger partial charge in [-0.25, -0.2) is 0 Å². The van der Waals surface area contributed by atoms with Gasteiger partial charge >= 0.3 is 0 Å². The molecule has 3 aromatic rings. The quantitative estimate of drug-likeness (QED) is 0.740. The van der Waals surface area contributed by atoms with Crippen LogP contribution in [0.15, 0.2) is 39.6 Å². The van der Waals surface area contributed by atoms with Gasteiger partial charge in [-0.15, -0.1) is 0 Å². The molecule has 0 fully saturated rings. The van der Waals surface area contributed by atoms with Crippen LogP contribution in [0.4, 0.5) is 0 Å². The van der Waals surface area contributed by atoms with Crippen LogP contribution in [0, 0.1) is 6.92 Å². The van der Waals surface area contributed by atoms with Gasteiger partial charge in [0.15, 0.2) is 11.2 Å². The van der Waals surface area contributed by atoms with E-state index in [2.05, 4.69) is 10.1 Å². The van der Waals surface area contributed by atoms with Gasteiger partial charge in [0.25, 0.3) is 0 Å². The molecule has 124 valence electrons. The molecule has 0 aliphatic heterocycles. The first-order valence-electron chi connectivity index (χ1n) is 7.49. The third-order valence-corrected chi connectivity index (χ3v) is 3.71. The van der Waals surface area contributed by atoms with Crippen LogP contribution in [-0.4, -0.2) is 28.0 Å². The van der Waals surface area contributed by atoms with E-state index in [4.69, 9.17) is 10.3 Å². The average molecular weight is 326 g/mol. The number of nitrogens with one attached hydrogen (secondary N) is 1. The zero-order valence-electron chi connectivity index (χ0n) is 13.5. The second kappa shape index (κ2) is 6.29. The van der Waals surface area contributed by atoms with Gasteiger partial charge in [0.1, 0.15) is 0 Å². The molecule has 3 rings (SSSR count). The minimum Gasteiger partial charge on any atom is -0.366 e. The Balaban J connectivity index is 1.83. The van der Waals surface area contributed by atoms with E-state index >= 15 is 0 Å². The summed E-state index contributed by atoms with van der Waals surface area (Å²) >= 11 is 0. The van der Waals surface area contributed by atoms with Crippen LogP contribution in [0.1, 0.15) is 27.5 Å². The summed E-state index contributed by atoms with van der Waals surface area (Å²) in [6.45, 7) is 3.00. The predicted octanol–water partition coefficient (Wildman–Crippen LogP) is 1.56. The number of benzene rings is 1. The van der Waals surface area contributed by atoms with Crippen LogP contribution in [0.5, 0.6) is 0 Å². The molecule has 3 N–H and O–H groups in total. The summed E-state index contributed by atoms with van der Waals surface area (Å²) in [5.74, 6) is 0.215. The molecule has 0 saturated heterocycles. The maximum Gasteiger partial charge on any atom is 0.248 e. The van der Waals surface area contributed by atoms with E-state index in [0.717, 1.165) is 17.1 Å². The predicted molar refractivity (Wildman–Crippen MR) is 89.5 cm³/mol. The summed E-state index contributed by atoms with van der Waals surface area (Å²) in [7, 11) is 1.93. The molecule has 0 aliphatic rings. The van der Waals surface area contributed by atoms with E-state index in [9.17, 15) is 9.59 Å². The molecule has 7 heteroatoms. The van der Waals surface area contributed by atoms with Crippen LogP contribution in [-0.2, 0) is 13.1 Å². The molecule has 2 aromatic heterocycles. The number of aromatic nitrogens is 2. The van der Waals surface area contributed by atoms with E-state index in [1.807, 2.05) is 24.9 Å². The van der Waals surface area contributed by atoms with Crippen molar-refractivity contribution in [2.45, 2.75) is 20.0 Å². The lowest BCUT2D eigenvalue weighted by Gasteiger charge is -2.15. The Hall–Kier alpha value is -2.93. The number of hydrogen-bond acceptors (Lipinski definition) is 5.